The number of thioether (sulfide) groups is 1. The smallest absolute Gasteiger partial charge is 0.304 e. The van der Waals surface area contributed by atoms with Crippen LogP contribution in [0.2, 0.25) is 5.02 Å². The summed E-state index contributed by atoms with van der Waals surface area (Å²) in [5.41, 5.74) is 0.660. The third-order valence-corrected chi connectivity index (χ3v) is 4.08. The van der Waals surface area contributed by atoms with Gasteiger partial charge in [0.25, 0.3) is 0 Å². The molecular weight excluding hydrogens is 308 g/mol. The Labute approximate surface area is 132 Å². The van der Waals surface area contributed by atoms with Crippen molar-refractivity contribution < 1.29 is 9.90 Å². The number of halogens is 1. The zero-order valence-corrected chi connectivity index (χ0v) is 13.8. The van der Waals surface area contributed by atoms with Crippen molar-refractivity contribution in [1.29, 1.82) is 0 Å². The number of aliphatic carboxylic acids is 1. The van der Waals surface area contributed by atoms with Gasteiger partial charge in [-0.3, -0.25) is 4.79 Å². The molecule has 1 aromatic heterocycles. The molecule has 1 aromatic carbocycles. The second-order valence-corrected chi connectivity index (χ2v) is 7.28. The Morgan fingerprint density at radius 1 is 1.33 bits per heavy atom. The molecule has 0 unspecified atom stereocenters. The van der Waals surface area contributed by atoms with Gasteiger partial charge in [-0.15, -0.1) is 11.8 Å². The molecule has 112 valence electrons. The summed E-state index contributed by atoms with van der Waals surface area (Å²) in [6.45, 7) is 6.15. The molecule has 1 heterocycles. The quantitative estimate of drug-likeness (QED) is 0.676. The summed E-state index contributed by atoms with van der Waals surface area (Å²) < 4.78 is 0. The Morgan fingerprint density at radius 2 is 2.05 bits per heavy atom. The molecule has 0 saturated carbocycles. The van der Waals surface area contributed by atoms with Crippen molar-refractivity contribution in [2.75, 3.05) is 5.75 Å². The van der Waals surface area contributed by atoms with Gasteiger partial charge < -0.3 is 5.11 Å². The van der Waals surface area contributed by atoms with Gasteiger partial charge >= 0.3 is 5.97 Å². The number of aromatic nitrogens is 2. The van der Waals surface area contributed by atoms with Crippen LogP contribution in [0.15, 0.2) is 23.2 Å². The van der Waals surface area contributed by atoms with E-state index in [9.17, 15) is 4.79 Å². The first-order valence-electron chi connectivity index (χ1n) is 6.60. The molecule has 21 heavy (non-hydrogen) atoms. The van der Waals surface area contributed by atoms with Gasteiger partial charge in [0, 0.05) is 21.6 Å². The van der Waals surface area contributed by atoms with Crippen LogP contribution in [0.1, 0.15) is 33.0 Å². The minimum atomic E-state index is -0.810. The monoisotopic (exact) mass is 324 g/mol. The molecule has 0 radical (unpaired) electrons. The Balaban J connectivity index is 2.47. The zero-order valence-electron chi connectivity index (χ0n) is 12.2. The fourth-order valence-electron chi connectivity index (χ4n) is 1.75. The van der Waals surface area contributed by atoms with Crippen LogP contribution in [-0.2, 0) is 10.2 Å². The number of hydrogen-bond acceptors (Lipinski definition) is 4. The predicted molar refractivity (Wildman–Crippen MR) is 86.2 cm³/mol. The van der Waals surface area contributed by atoms with Crippen LogP contribution in [0.25, 0.3) is 10.9 Å². The lowest BCUT2D eigenvalue weighted by molar-refractivity contribution is -0.136. The van der Waals surface area contributed by atoms with E-state index in [1.54, 1.807) is 6.07 Å². The topological polar surface area (TPSA) is 63.1 Å². The maximum atomic E-state index is 10.7. The van der Waals surface area contributed by atoms with E-state index in [-0.39, 0.29) is 11.8 Å². The van der Waals surface area contributed by atoms with Crippen LogP contribution in [0.3, 0.4) is 0 Å². The van der Waals surface area contributed by atoms with Gasteiger partial charge in [0.2, 0.25) is 0 Å². The Bertz CT molecular complexity index is 683. The minimum absolute atomic E-state index is 0.0988. The lowest BCUT2D eigenvalue weighted by Gasteiger charge is -2.18. The lowest BCUT2D eigenvalue weighted by Crippen LogP contribution is -2.16. The van der Waals surface area contributed by atoms with E-state index in [0.717, 1.165) is 21.8 Å². The Hall–Kier alpha value is -1.33. The van der Waals surface area contributed by atoms with E-state index >= 15 is 0 Å². The van der Waals surface area contributed by atoms with Crippen molar-refractivity contribution in [3.63, 3.8) is 0 Å². The fourth-order valence-corrected chi connectivity index (χ4v) is 2.87. The number of benzene rings is 1. The van der Waals surface area contributed by atoms with Crippen LogP contribution in [0.4, 0.5) is 0 Å². The number of carbonyl (C=O) groups is 1. The summed E-state index contributed by atoms with van der Waals surface area (Å²) in [6.07, 6.45) is 0.0988. The van der Waals surface area contributed by atoms with Crippen molar-refractivity contribution in [2.24, 2.45) is 0 Å². The van der Waals surface area contributed by atoms with E-state index in [2.05, 4.69) is 30.7 Å². The largest absolute Gasteiger partial charge is 0.481 e. The average molecular weight is 325 g/mol. The van der Waals surface area contributed by atoms with E-state index in [1.165, 1.54) is 11.8 Å². The molecule has 0 bridgehead atoms. The van der Waals surface area contributed by atoms with Crippen molar-refractivity contribution >= 4 is 40.2 Å². The average Bonchev–Trinajstić information content (AvgIpc) is 2.37. The normalized spacial score (nSPS) is 11.8. The maximum Gasteiger partial charge on any atom is 0.304 e. The number of carboxylic acids is 1. The summed E-state index contributed by atoms with van der Waals surface area (Å²) in [6, 6.07) is 5.50. The fraction of sp³-hybridized carbons (Fsp3) is 0.400. The molecule has 0 aliphatic carbocycles. The molecule has 0 aliphatic rings. The highest BCUT2D eigenvalue weighted by Gasteiger charge is 2.20. The summed E-state index contributed by atoms with van der Waals surface area (Å²) >= 11 is 7.47. The van der Waals surface area contributed by atoms with Gasteiger partial charge in [-0.25, -0.2) is 9.97 Å². The molecule has 0 amide bonds. The van der Waals surface area contributed by atoms with Crippen molar-refractivity contribution in [3.05, 3.63) is 29.0 Å². The molecule has 2 aromatic rings. The first-order valence-corrected chi connectivity index (χ1v) is 7.96. The van der Waals surface area contributed by atoms with Gasteiger partial charge in [0.15, 0.2) is 0 Å². The standard InChI is InChI=1S/C15H17ClN2O2S/c1-15(2,3)14-17-11-5-4-9(16)8-10(11)13(18-14)21-7-6-12(19)20/h4-5,8H,6-7H2,1-3H3,(H,19,20). The van der Waals surface area contributed by atoms with E-state index in [0.29, 0.717) is 10.8 Å². The van der Waals surface area contributed by atoms with E-state index < -0.39 is 5.97 Å². The molecular formula is C15H17ClN2O2S. The van der Waals surface area contributed by atoms with Crippen LogP contribution in [0.5, 0.6) is 0 Å². The maximum absolute atomic E-state index is 10.7. The van der Waals surface area contributed by atoms with Crippen molar-refractivity contribution in [1.82, 2.24) is 9.97 Å². The highest BCUT2D eigenvalue weighted by molar-refractivity contribution is 7.99. The molecule has 0 aliphatic heterocycles. The molecule has 1 N–H and O–H groups in total. The third kappa shape index (κ3) is 4.08. The summed E-state index contributed by atoms with van der Waals surface area (Å²) in [5, 5.41) is 11.0. The van der Waals surface area contributed by atoms with Crippen LogP contribution < -0.4 is 0 Å². The summed E-state index contributed by atoms with van der Waals surface area (Å²) in [5.74, 6) is 0.405. The van der Waals surface area contributed by atoms with Gasteiger partial charge in [-0.05, 0) is 18.2 Å². The third-order valence-electron chi connectivity index (χ3n) is 2.85. The molecule has 4 nitrogen and oxygen atoms in total. The minimum Gasteiger partial charge on any atom is -0.481 e. The number of carboxylic acid groups (broad SMARTS) is 1. The van der Waals surface area contributed by atoms with Crippen molar-refractivity contribution in [2.45, 2.75) is 37.6 Å². The van der Waals surface area contributed by atoms with Crippen LogP contribution >= 0.6 is 23.4 Å². The highest BCUT2D eigenvalue weighted by Crippen LogP contribution is 2.30. The van der Waals surface area contributed by atoms with Gasteiger partial charge in [-0.2, -0.15) is 0 Å². The number of hydrogen-bond donors (Lipinski definition) is 1. The molecule has 2 rings (SSSR count). The Kier molecular flexibility index (Phi) is 4.74. The zero-order chi connectivity index (χ0) is 15.6. The molecule has 0 spiro atoms. The second-order valence-electron chi connectivity index (χ2n) is 5.76. The second kappa shape index (κ2) is 6.20. The summed E-state index contributed by atoms with van der Waals surface area (Å²) in [4.78, 5) is 19.9. The number of rotatable bonds is 4. The van der Waals surface area contributed by atoms with Gasteiger partial charge in [0.1, 0.15) is 10.9 Å². The van der Waals surface area contributed by atoms with Gasteiger partial charge in [0.05, 0.1) is 11.9 Å². The Morgan fingerprint density at radius 3 is 2.67 bits per heavy atom. The molecule has 6 heteroatoms. The van der Waals surface area contributed by atoms with E-state index in [4.69, 9.17) is 16.7 Å². The first kappa shape index (κ1) is 16.0. The van der Waals surface area contributed by atoms with Gasteiger partial charge in [-0.1, -0.05) is 32.4 Å². The number of fused-ring (bicyclic) bond motifs is 1. The number of nitrogens with zero attached hydrogens (tertiary/aromatic N) is 2. The van der Waals surface area contributed by atoms with Crippen LogP contribution in [-0.4, -0.2) is 26.8 Å². The molecule has 0 atom stereocenters. The summed E-state index contributed by atoms with van der Waals surface area (Å²) in [7, 11) is 0. The predicted octanol–water partition coefficient (Wildman–Crippen LogP) is 4.15. The first-order chi connectivity index (χ1) is 9.77. The molecule has 0 fully saturated rings. The lowest BCUT2D eigenvalue weighted by atomic mass is 9.95. The van der Waals surface area contributed by atoms with Crippen molar-refractivity contribution in [3.8, 4) is 0 Å². The van der Waals surface area contributed by atoms with E-state index in [1.807, 2.05) is 12.1 Å². The SMILES string of the molecule is CC(C)(C)c1nc(SCCC(=O)O)c2cc(Cl)ccc2n1. The molecule has 0 saturated heterocycles. The van der Waals surface area contributed by atoms with Crippen LogP contribution in [0, 0.1) is 0 Å². The highest BCUT2D eigenvalue weighted by atomic mass is 35.5.